The highest BCUT2D eigenvalue weighted by Gasteiger charge is 2.33. The maximum absolute atomic E-state index is 12.7. The number of hydrogen-bond acceptors (Lipinski definition) is 2. The lowest BCUT2D eigenvalue weighted by Gasteiger charge is -2.14. The van der Waals surface area contributed by atoms with E-state index >= 15 is 0 Å². The predicted molar refractivity (Wildman–Crippen MR) is 75.0 cm³/mol. The Hall–Kier alpha value is -1.88. The molecule has 2 aromatic rings. The average Bonchev–Trinajstić information content (AvgIpc) is 2.44. The van der Waals surface area contributed by atoms with Gasteiger partial charge in [-0.05, 0) is 23.8 Å². The Kier molecular flexibility index (Phi) is 4.32. The lowest BCUT2D eigenvalue weighted by Crippen LogP contribution is -2.05. The SMILES string of the molecule is COc1cccc(-c2ccc(C(F)(F)F)c(Cl)c2)c1OC. The molecular formula is C15H12ClF3O2. The monoisotopic (exact) mass is 316 g/mol. The molecule has 0 unspecified atom stereocenters. The summed E-state index contributed by atoms with van der Waals surface area (Å²) in [6, 6.07) is 8.72. The lowest BCUT2D eigenvalue weighted by molar-refractivity contribution is -0.137. The van der Waals surface area contributed by atoms with Gasteiger partial charge in [0.05, 0.1) is 24.8 Å². The third-order valence-electron chi connectivity index (χ3n) is 2.99. The predicted octanol–water partition coefficient (Wildman–Crippen LogP) is 5.04. The zero-order chi connectivity index (χ0) is 15.6. The van der Waals surface area contributed by atoms with Crippen LogP contribution >= 0.6 is 11.6 Å². The molecule has 0 amide bonds. The van der Waals surface area contributed by atoms with E-state index in [0.29, 0.717) is 22.6 Å². The zero-order valence-corrected chi connectivity index (χ0v) is 12.0. The van der Waals surface area contributed by atoms with Crippen LogP contribution in [-0.4, -0.2) is 14.2 Å². The highest BCUT2D eigenvalue weighted by atomic mass is 35.5. The number of methoxy groups -OCH3 is 2. The number of halogens is 4. The summed E-state index contributed by atoms with van der Waals surface area (Å²) in [6.07, 6.45) is -4.48. The molecule has 0 aromatic heterocycles. The molecule has 0 saturated heterocycles. The molecule has 0 aliphatic rings. The first-order chi connectivity index (χ1) is 9.88. The van der Waals surface area contributed by atoms with Crippen molar-refractivity contribution in [1.29, 1.82) is 0 Å². The van der Waals surface area contributed by atoms with E-state index in [0.717, 1.165) is 6.07 Å². The minimum Gasteiger partial charge on any atom is -0.493 e. The van der Waals surface area contributed by atoms with Crippen molar-refractivity contribution in [2.45, 2.75) is 6.18 Å². The molecular weight excluding hydrogens is 305 g/mol. The van der Waals surface area contributed by atoms with Crippen LogP contribution in [0.4, 0.5) is 13.2 Å². The zero-order valence-electron chi connectivity index (χ0n) is 11.3. The molecule has 2 rings (SSSR count). The second-order valence-electron chi connectivity index (χ2n) is 4.23. The molecule has 0 bridgehead atoms. The third-order valence-corrected chi connectivity index (χ3v) is 3.30. The fourth-order valence-electron chi connectivity index (χ4n) is 2.03. The van der Waals surface area contributed by atoms with Crippen molar-refractivity contribution in [1.82, 2.24) is 0 Å². The lowest BCUT2D eigenvalue weighted by atomic mass is 10.0. The van der Waals surface area contributed by atoms with Gasteiger partial charge in [0.15, 0.2) is 11.5 Å². The fourth-order valence-corrected chi connectivity index (χ4v) is 2.31. The molecule has 0 radical (unpaired) electrons. The summed E-state index contributed by atoms with van der Waals surface area (Å²) in [7, 11) is 2.95. The van der Waals surface area contributed by atoms with E-state index in [1.807, 2.05) is 0 Å². The molecule has 0 N–H and O–H groups in total. The number of benzene rings is 2. The Morgan fingerprint density at radius 2 is 1.71 bits per heavy atom. The van der Waals surface area contributed by atoms with Gasteiger partial charge in [0, 0.05) is 5.56 Å². The topological polar surface area (TPSA) is 18.5 Å². The third kappa shape index (κ3) is 3.08. The number of ether oxygens (including phenoxy) is 2. The standard InChI is InChI=1S/C15H12ClF3O2/c1-20-13-5-3-4-10(14(13)21-2)9-6-7-11(12(16)8-9)15(17,18)19/h3-8H,1-2H3. The van der Waals surface area contributed by atoms with Crippen LogP contribution in [-0.2, 0) is 6.18 Å². The van der Waals surface area contributed by atoms with Crippen LogP contribution in [0.1, 0.15) is 5.56 Å². The van der Waals surface area contributed by atoms with Crippen LogP contribution in [0.25, 0.3) is 11.1 Å². The van der Waals surface area contributed by atoms with Crippen molar-refractivity contribution < 1.29 is 22.6 Å². The summed E-state index contributed by atoms with van der Waals surface area (Å²) in [5.74, 6) is 0.932. The molecule has 0 spiro atoms. The highest BCUT2D eigenvalue weighted by Crippen LogP contribution is 2.41. The minimum atomic E-state index is -4.48. The second-order valence-corrected chi connectivity index (χ2v) is 4.64. The van der Waals surface area contributed by atoms with E-state index in [1.54, 1.807) is 18.2 Å². The summed E-state index contributed by atoms with van der Waals surface area (Å²) in [4.78, 5) is 0. The molecule has 21 heavy (non-hydrogen) atoms. The van der Waals surface area contributed by atoms with Gasteiger partial charge in [-0.1, -0.05) is 29.8 Å². The second kappa shape index (κ2) is 5.85. The normalized spacial score (nSPS) is 11.3. The Morgan fingerprint density at radius 3 is 2.24 bits per heavy atom. The summed E-state index contributed by atoms with van der Waals surface area (Å²) in [5.41, 5.74) is 0.256. The Bertz CT molecular complexity index is 654. The number of alkyl halides is 3. The van der Waals surface area contributed by atoms with Gasteiger partial charge >= 0.3 is 6.18 Å². The van der Waals surface area contributed by atoms with Gasteiger partial charge in [0.2, 0.25) is 0 Å². The smallest absolute Gasteiger partial charge is 0.417 e. The maximum Gasteiger partial charge on any atom is 0.417 e. The van der Waals surface area contributed by atoms with Crippen LogP contribution in [0.15, 0.2) is 36.4 Å². The van der Waals surface area contributed by atoms with Gasteiger partial charge in [0.25, 0.3) is 0 Å². The molecule has 0 aliphatic heterocycles. The molecule has 0 aliphatic carbocycles. The van der Waals surface area contributed by atoms with Crippen molar-refractivity contribution in [3.05, 3.63) is 47.0 Å². The van der Waals surface area contributed by atoms with Gasteiger partial charge in [-0.15, -0.1) is 0 Å². The van der Waals surface area contributed by atoms with E-state index in [-0.39, 0.29) is 5.02 Å². The first kappa shape index (κ1) is 15.5. The number of rotatable bonds is 3. The Morgan fingerprint density at radius 1 is 1.00 bits per heavy atom. The van der Waals surface area contributed by atoms with Gasteiger partial charge in [-0.3, -0.25) is 0 Å². The Labute approximate surface area is 125 Å². The van der Waals surface area contributed by atoms with E-state index in [9.17, 15) is 13.2 Å². The van der Waals surface area contributed by atoms with Crippen LogP contribution in [0.2, 0.25) is 5.02 Å². The molecule has 0 fully saturated rings. The quantitative estimate of drug-likeness (QED) is 0.789. The summed E-state index contributed by atoms with van der Waals surface area (Å²) in [6.45, 7) is 0. The molecule has 6 heteroatoms. The first-order valence-electron chi connectivity index (χ1n) is 5.96. The van der Waals surface area contributed by atoms with Crippen molar-refractivity contribution in [2.24, 2.45) is 0 Å². The van der Waals surface area contributed by atoms with Crippen LogP contribution < -0.4 is 9.47 Å². The van der Waals surface area contributed by atoms with Gasteiger partial charge in [-0.25, -0.2) is 0 Å². The van der Waals surface area contributed by atoms with Gasteiger partial charge < -0.3 is 9.47 Å². The largest absolute Gasteiger partial charge is 0.493 e. The van der Waals surface area contributed by atoms with Crippen molar-refractivity contribution in [3.8, 4) is 22.6 Å². The first-order valence-corrected chi connectivity index (χ1v) is 6.34. The van der Waals surface area contributed by atoms with Crippen molar-refractivity contribution in [2.75, 3.05) is 14.2 Å². The van der Waals surface area contributed by atoms with E-state index in [2.05, 4.69) is 0 Å². The van der Waals surface area contributed by atoms with Crippen LogP contribution in [0.5, 0.6) is 11.5 Å². The Balaban J connectivity index is 2.56. The van der Waals surface area contributed by atoms with E-state index in [1.165, 1.54) is 26.4 Å². The van der Waals surface area contributed by atoms with Gasteiger partial charge in [0.1, 0.15) is 0 Å². The highest BCUT2D eigenvalue weighted by molar-refractivity contribution is 6.31. The van der Waals surface area contributed by atoms with E-state index in [4.69, 9.17) is 21.1 Å². The van der Waals surface area contributed by atoms with E-state index < -0.39 is 11.7 Å². The molecule has 0 heterocycles. The summed E-state index contributed by atoms with van der Waals surface area (Å²) in [5, 5.41) is -0.357. The molecule has 2 aromatic carbocycles. The number of para-hydroxylation sites is 1. The molecule has 0 atom stereocenters. The summed E-state index contributed by atoms with van der Waals surface area (Å²) < 4.78 is 48.6. The molecule has 112 valence electrons. The minimum absolute atomic E-state index is 0.357. The molecule has 2 nitrogen and oxygen atoms in total. The van der Waals surface area contributed by atoms with Crippen LogP contribution in [0.3, 0.4) is 0 Å². The average molecular weight is 317 g/mol. The fraction of sp³-hybridized carbons (Fsp3) is 0.200. The van der Waals surface area contributed by atoms with Crippen molar-refractivity contribution >= 4 is 11.6 Å². The van der Waals surface area contributed by atoms with Crippen molar-refractivity contribution in [3.63, 3.8) is 0 Å². The summed E-state index contributed by atoms with van der Waals surface area (Å²) >= 11 is 5.74. The number of hydrogen-bond donors (Lipinski definition) is 0. The maximum atomic E-state index is 12.7. The molecule has 0 saturated carbocycles. The van der Waals surface area contributed by atoms with Gasteiger partial charge in [-0.2, -0.15) is 13.2 Å². The van der Waals surface area contributed by atoms with Crippen LogP contribution in [0, 0.1) is 0 Å².